The van der Waals surface area contributed by atoms with Crippen LogP contribution in [0.3, 0.4) is 0 Å². The van der Waals surface area contributed by atoms with Crippen LogP contribution in [-0.4, -0.2) is 12.1 Å². The third-order valence-corrected chi connectivity index (χ3v) is 1.91. The largest absolute Gasteiger partial charge is 0.438 e. The first-order valence-corrected chi connectivity index (χ1v) is 3.98. The number of hydrogen-bond donors (Lipinski definition) is 0. The Hall–Kier alpha value is -1.66. The molecule has 0 bridgehead atoms. The van der Waals surface area contributed by atoms with Gasteiger partial charge in [0.25, 0.3) is 0 Å². The summed E-state index contributed by atoms with van der Waals surface area (Å²) in [5.74, 6) is -2.65. The van der Waals surface area contributed by atoms with Crippen molar-refractivity contribution in [3.8, 4) is 0 Å². The molecule has 0 amide bonds. The molecule has 1 unspecified atom stereocenters. The van der Waals surface area contributed by atoms with Crippen LogP contribution in [0.25, 0.3) is 0 Å². The molecule has 1 atom stereocenters. The molecule has 1 rings (SSSR count). The molecule has 0 saturated heterocycles. The molecule has 1 aromatic carbocycles. The van der Waals surface area contributed by atoms with E-state index < -0.39 is 23.4 Å². The summed E-state index contributed by atoms with van der Waals surface area (Å²) in [5, 5.41) is 0. The second-order valence-electron chi connectivity index (χ2n) is 2.89. The van der Waals surface area contributed by atoms with Gasteiger partial charge in [0.15, 0.2) is 0 Å². The van der Waals surface area contributed by atoms with E-state index in [1.165, 1.54) is 6.07 Å². The summed E-state index contributed by atoms with van der Waals surface area (Å²) in [5.41, 5.74) is -5.53. The first-order valence-electron chi connectivity index (χ1n) is 3.98. The molecule has 16 heavy (non-hydrogen) atoms. The zero-order valence-corrected chi connectivity index (χ0v) is 7.59. The van der Waals surface area contributed by atoms with Crippen LogP contribution in [0.2, 0.25) is 0 Å². The van der Waals surface area contributed by atoms with Gasteiger partial charge >= 0.3 is 17.8 Å². The lowest BCUT2D eigenvalue weighted by Crippen LogP contribution is -2.45. The maximum Gasteiger partial charge on any atom is 0.438 e. The van der Waals surface area contributed by atoms with E-state index in [4.69, 9.17) is 0 Å². The number of rotatable bonds is 2. The summed E-state index contributed by atoms with van der Waals surface area (Å²) in [6, 6.07) is 4.91. The number of halogens is 5. The monoisotopic (exact) mass is 240 g/mol. The van der Waals surface area contributed by atoms with Gasteiger partial charge in [-0.2, -0.15) is 13.2 Å². The number of alkyl halides is 4. The van der Waals surface area contributed by atoms with Crippen LogP contribution >= 0.6 is 0 Å². The highest BCUT2D eigenvalue weighted by atomic mass is 19.4. The van der Waals surface area contributed by atoms with Crippen molar-refractivity contribution in [1.29, 1.82) is 0 Å². The maximum atomic E-state index is 13.6. The fourth-order valence-electron chi connectivity index (χ4n) is 1.12. The second-order valence-corrected chi connectivity index (χ2v) is 2.89. The van der Waals surface area contributed by atoms with Crippen molar-refractivity contribution in [3.63, 3.8) is 0 Å². The Kier molecular flexibility index (Phi) is 3.16. The molecule has 0 saturated carbocycles. The molecule has 2 nitrogen and oxygen atoms in total. The maximum absolute atomic E-state index is 13.6. The van der Waals surface area contributed by atoms with Gasteiger partial charge in [-0.15, -0.1) is 0 Å². The molecule has 0 N–H and O–H groups in total. The van der Waals surface area contributed by atoms with E-state index in [-0.39, 0.29) is 0 Å². The molecule has 0 fully saturated rings. The van der Waals surface area contributed by atoms with Crippen LogP contribution in [0.1, 0.15) is 5.56 Å². The SMILES string of the molecule is O=C(OF)C(F)(c1ccccc1)C(F)(F)F. The molecule has 0 heterocycles. The zero-order chi connectivity index (χ0) is 12.4. The van der Waals surface area contributed by atoms with Gasteiger partial charge in [-0.1, -0.05) is 30.3 Å². The number of benzene rings is 1. The summed E-state index contributed by atoms with van der Waals surface area (Å²) in [6.45, 7) is 0. The van der Waals surface area contributed by atoms with E-state index >= 15 is 0 Å². The third-order valence-electron chi connectivity index (χ3n) is 1.91. The van der Waals surface area contributed by atoms with Crippen molar-refractivity contribution in [2.24, 2.45) is 0 Å². The Balaban J connectivity index is 3.32. The highest BCUT2D eigenvalue weighted by Gasteiger charge is 2.65. The van der Waals surface area contributed by atoms with Crippen molar-refractivity contribution in [2.75, 3.05) is 0 Å². The Morgan fingerprint density at radius 2 is 1.56 bits per heavy atom. The first-order chi connectivity index (χ1) is 7.34. The van der Waals surface area contributed by atoms with Crippen LogP contribution < -0.4 is 0 Å². The summed E-state index contributed by atoms with van der Waals surface area (Å²) >= 11 is 0. The molecule has 1 aromatic rings. The molecule has 0 aliphatic rings. The van der Waals surface area contributed by atoms with Crippen molar-refractivity contribution in [3.05, 3.63) is 35.9 Å². The second kappa shape index (κ2) is 4.07. The van der Waals surface area contributed by atoms with Gasteiger partial charge in [0.2, 0.25) is 0 Å². The first kappa shape index (κ1) is 12.4. The summed E-state index contributed by atoms with van der Waals surface area (Å²) in [4.78, 5) is 13.0. The van der Waals surface area contributed by atoms with Gasteiger partial charge in [-0.3, -0.25) is 4.94 Å². The lowest BCUT2D eigenvalue weighted by Gasteiger charge is -2.23. The molecule has 0 aliphatic heterocycles. The van der Waals surface area contributed by atoms with Gasteiger partial charge in [0, 0.05) is 10.1 Å². The van der Waals surface area contributed by atoms with E-state index in [1.54, 1.807) is 0 Å². The quantitative estimate of drug-likeness (QED) is 0.743. The number of hydrogen-bond acceptors (Lipinski definition) is 2. The number of carbonyl (C=O) groups is 1. The summed E-state index contributed by atoms with van der Waals surface area (Å²) < 4.78 is 62.2. The predicted molar refractivity (Wildman–Crippen MR) is 42.5 cm³/mol. The minimum Gasteiger partial charge on any atom is -0.250 e. The molecule has 88 valence electrons. The third kappa shape index (κ3) is 1.84. The lowest BCUT2D eigenvalue weighted by atomic mass is 9.95. The minimum atomic E-state index is -5.60. The molecule has 0 aliphatic carbocycles. The van der Waals surface area contributed by atoms with Crippen molar-refractivity contribution in [1.82, 2.24) is 0 Å². The predicted octanol–water partition coefficient (Wildman–Crippen LogP) is 2.84. The van der Waals surface area contributed by atoms with Crippen molar-refractivity contribution in [2.45, 2.75) is 11.8 Å². The molecular weight excluding hydrogens is 235 g/mol. The van der Waals surface area contributed by atoms with Gasteiger partial charge < -0.3 is 0 Å². The van der Waals surface area contributed by atoms with E-state index in [9.17, 15) is 26.9 Å². The molecule has 0 spiro atoms. The molecule has 0 radical (unpaired) electrons. The lowest BCUT2D eigenvalue weighted by molar-refractivity contribution is -0.261. The van der Waals surface area contributed by atoms with Gasteiger partial charge in [-0.05, 0) is 0 Å². The summed E-state index contributed by atoms with van der Waals surface area (Å²) in [7, 11) is 0. The van der Waals surface area contributed by atoms with Gasteiger partial charge in [0.1, 0.15) is 0 Å². The average molecular weight is 240 g/mol. The van der Waals surface area contributed by atoms with Crippen LogP contribution in [0.15, 0.2) is 30.3 Å². The Morgan fingerprint density at radius 1 is 1.06 bits per heavy atom. The van der Waals surface area contributed by atoms with Gasteiger partial charge in [0.05, 0.1) is 0 Å². The fraction of sp³-hybridized carbons (Fsp3) is 0.222. The van der Waals surface area contributed by atoms with Crippen molar-refractivity contribution < 1.29 is 31.8 Å². The Morgan fingerprint density at radius 3 is 1.94 bits per heavy atom. The van der Waals surface area contributed by atoms with Crippen LogP contribution in [0.4, 0.5) is 22.1 Å². The Bertz CT molecular complexity index is 375. The zero-order valence-electron chi connectivity index (χ0n) is 7.59. The highest BCUT2D eigenvalue weighted by Crippen LogP contribution is 2.43. The average Bonchev–Trinajstić information content (AvgIpc) is 2.26. The molecule has 0 aromatic heterocycles. The van der Waals surface area contributed by atoms with E-state index in [1.807, 2.05) is 0 Å². The van der Waals surface area contributed by atoms with Crippen LogP contribution in [0, 0.1) is 0 Å². The van der Waals surface area contributed by atoms with Gasteiger partial charge in [-0.25, -0.2) is 9.18 Å². The standard InChI is InChI=1S/C9H5F5O2/c10-8(7(15)16-14,9(11,12)13)6-4-2-1-3-5-6/h1-5H. The van der Waals surface area contributed by atoms with E-state index in [0.717, 1.165) is 12.1 Å². The molecule has 7 heteroatoms. The topological polar surface area (TPSA) is 26.3 Å². The Labute approximate surface area is 86.5 Å². The summed E-state index contributed by atoms with van der Waals surface area (Å²) in [6.07, 6.45) is -5.60. The van der Waals surface area contributed by atoms with Crippen LogP contribution in [-0.2, 0) is 15.4 Å². The van der Waals surface area contributed by atoms with E-state index in [0.29, 0.717) is 12.1 Å². The molecular formula is C9H5F5O2. The number of carbonyl (C=O) groups excluding carboxylic acids is 1. The van der Waals surface area contributed by atoms with E-state index in [2.05, 4.69) is 4.94 Å². The minimum absolute atomic E-state index is 0.713. The fourth-order valence-corrected chi connectivity index (χ4v) is 1.12. The normalized spacial score (nSPS) is 15.3. The van der Waals surface area contributed by atoms with Crippen LogP contribution in [0.5, 0.6) is 0 Å². The smallest absolute Gasteiger partial charge is 0.250 e. The van der Waals surface area contributed by atoms with Crippen molar-refractivity contribution >= 4 is 5.97 Å². The highest BCUT2D eigenvalue weighted by molar-refractivity contribution is 5.81.